The molecule has 0 spiro atoms. The lowest BCUT2D eigenvalue weighted by molar-refractivity contribution is -0.274. The van der Waals surface area contributed by atoms with Crippen LogP contribution in [0.4, 0.5) is 13.2 Å². The second kappa shape index (κ2) is 5.07. The van der Waals surface area contributed by atoms with Crippen LogP contribution in [0.2, 0.25) is 0 Å². The van der Waals surface area contributed by atoms with E-state index in [1.54, 1.807) is 12.1 Å². The highest BCUT2D eigenvalue weighted by molar-refractivity contribution is 5.71. The summed E-state index contributed by atoms with van der Waals surface area (Å²) in [6, 6.07) is 11.8. The number of hydrogen-bond donors (Lipinski definition) is 1. The molecule has 0 fully saturated rings. The van der Waals surface area contributed by atoms with Crippen LogP contribution in [0.15, 0.2) is 42.5 Å². The highest BCUT2D eigenvalue weighted by atomic mass is 19.4. The molecule has 0 bridgehead atoms. The predicted molar refractivity (Wildman–Crippen MR) is 73.8 cm³/mol. The third kappa shape index (κ3) is 2.88. The first-order valence-corrected chi connectivity index (χ1v) is 6.67. The van der Waals surface area contributed by atoms with Gasteiger partial charge in [0.1, 0.15) is 5.75 Å². The summed E-state index contributed by atoms with van der Waals surface area (Å²) in [4.78, 5) is 0. The maximum absolute atomic E-state index is 12.3. The van der Waals surface area contributed by atoms with Crippen LogP contribution < -0.4 is 10.5 Å². The van der Waals surface area contributed by atoms with E-state index >= 15 is 0 Å². The third-order valence-electron chi connectivity index (χ3n) is 3.70. The maximum Gasteiger partial charge on any atom is 0.573 e. The SMILES string of the molecule is NC1CCc2c(-c3cccc(OC(F)(F)F)c3)cccc21. The predicted octanol–water partition coefficient (Wildman–Crippen LogP) is 4.20. The molecule has 3 rings (SSSR count). The molecule has 0 radical (unpaired) electrons. The Balaban J connectivity index is 2.01. The molecule has 0 saturated carbocycles. The van der Waals surface area contributed by atoms with Crippen molar-refractivity contribution in [3.63, 3.8) is 0 Å². The van der Waals surface area contributed by atoms with Gasteiger partial charge in [0.25, 0.3) is 0 Å². The minimum absolute atomic E-state index is 0.00885. The molecule has 1 unspecified atom stereocenters. The summed E-state index contributed by atoms with van der Waals surface area (Å²) >= 11 is 0. The second-order valence-corrected chi connectivity index (χ2v) is 5.09. The van der Waals surface area contributed by atoms with Gasteiger partial charge in [-0.3, -0.25) is 0 Å². The molecule has 5 heteroatoms. The van der Waals surface area contributed by atoms with Gasteiger partial charge in [-0.15, -0.1) is 13.2 Å². The van der Waals surface area contributed by atoms with Gasteiger partial charge in [0, 0.05) is 6.04 Å². The van der Waals surface area contributed by atoms with E-state index in [1.807, 2.05) is 18.2 Å². The highest BCUT2D eigenvalue weighted by Gasteiger charge is 2.31. The standard InChI is InChI=1S/C16H14F3NO/c17-16(18,19)21-11-4-1-3-10(9-11)12-5-2-6-14-13(12)7-8-15(14)20/h1-6,9,15H,7-8,20H2. The van der Waals surface area contributed by atoms with E-state index < -0.39 is 6.36 Å². The molecular formula is C16H14F3NO. The van der Waals surface area contributed by atoms with Crippen molar-refractivity contribution in [2.75, 3.05) is 0 Å². The first-order chi connectivity index (χ1) is 9.94. The fourth-order valence-electron chi connectivity index (χ4n) is 2.82. The Morgan fingerprint density at radius 2 is 1.86 bits per heavy atom. The van der Waals surface area contributed by atoms with Crippen molar-refractivity contribution in [2.45, 2.75) is 25.2 Å². The summed E-state index contributed by atoms with van der Waals surface area (Å²) in [5.41, 5.74) is 9.87. The average molecular weight is 293 g/mol. The molecule has 0 aliphatic heterocycles. The zero-order valence-electron chi connectivity index (χ0n) is 11.2. The van der Waals surface area contributed by atoms with E-state index in [0.717, 1.165) is 29.5 Å². The Kier molecular flexibility index (Phi) is 3.37. The molecule has 0 amide bonds. The molecule has 110 valence electrons. The molecular weight excluding hydrogens is 279 g/mol. The Morgan fingerprint density at radius 3 is 2.62 bits per heavy atom. The number of hydrogen-bond acceptors (Lipinski definition) is 2. The summed E-state index contributed by atoms with van der Waals surface area (Å²) in [5.74, 6) is -0.208. The topological polar surface area (TPSA) is 35.2 Å². The van der Waals surface area contributed by atoms with Crippen molar-refractivity contribution in [3.8, 4) is 16.9 Å². The number of fused-ring (bicyclic) bond motifs is 1. The first kappa shape index (κ1) is 13.9. The van der Waals surface area contributed by atoms with Crippen LogP contribution in [0.3, 0.4) is 0 Å². The van der Waals surface area contributed by atoms with Crippen LogP contribution in [-0.2, 0) is 6.42 Å². The van der Waals surface area contributed by atoms with Gasteiger partial charge in [0.2, 0.25) is 0 Å². The lowest BCUT2D eigenvalue weighted by Crippen LogP contribution is -2.17. The van der Waals surface area contributed by atoms with E-state index in [-0.39, 0.29) is 11.8 Å². The van der Waals surface area contributed by atoms with Crippen LogP contribution in [0.25, 0.3) is 11.1 Å². The smallest absolute Gasteiger partial charge is 0.406 e. The largest absolute Gasteiger partial charge is 0.573 e. The fourth-order valence-corrected chi connectivity index (χ4v) is 2.82. The van der Waals surface area contributed by atoms with Crippen molar-refractivity contribution < 1.29 is 17.9 Å². The van der Waals surface area contributed by atoms with Crippen molar-refractivity contribution in [3.05, 3.63) is 53.6 Å². The second-order valence-electron chi connectivity index (χ2n) is 5.09. The maximum atomic E-state index is 12.3. The van der Waals surface area contributed by atoms with Crippen LogP contribution in [0, 0.1) is 0 Å². The normalized spacial score (nSPS) is 17.6. The Hall–Kier alpha value is -2.01. The lowest BCUT2D eigenvalue weighted by Gasteiger charge is -2.13. The van der Waals surface area contributed by atoms with Gasteiger partial charge in [-0.1, -0.05) is 30.3 Å². The monoisotopic (exact) mass is 293 g/mol. The van der Waals surface area contributed by atoms with Gasteiger partial charge >= 0.3 is 6.36 Å². The quantitative estimate of drug-likeness (QED) is 0.900. The van der Waals surface area contributed by atoms with E-state index in [0.29, 0.717) is 5.56 Å². The molecule has 21 heavy (non-hydrogen) atoms. The minimum atomic E-state index is -4.68. The fraction of sp³-hybridized carbons (Fsp3) is 0.250. The van der Waals surface area contributed by atoms with Crippen LogP contribution in [-0.4, -0.2) is 6.36 Å². The number of rotatable bonds is 2. The van der Waals surface area contributed by atoms with E-state index in [9.17, 15) is 13.2 Å². The lowest BCUT2D eigenvalue weighted by atomic mass is 9.96. The first-order valence-electron chi connectivity index (χ1n) is 6.67. The average Bonchev–Trinajstić information content (AvgIpc) is 2.79. The van der Waals surface area contributed by atoms with Crippen molar-refractivity contribution >= 4 is 0 Å². The highest BCUT2D eigenvalue weighted by Crippen LogP contribution is 2.37. The van der Waals surface area contributed by atoms with Crippen LogP contribution in [0.5, 0.6) is 5.75 Å². The molecule has 0 saturated heterocycles. The zero-order chi connectivity index (χ0) is 15.0. The van der Waals surface area contributed by atoms with E-state index in [1.165, 1.54) is 12.1 Å². The van der Waals surface area contributed by atoms with Gasteiger partial charge in [-0.05, 0) is 47.2 Å². The summed E-state index contributed by atoms with van der Waals surface area (Å²) in [6.45, 7) is 0. The van der Waals surface area contributed by atoms with Crippen LogP contribution >= 0.6 is 0 Å². The van der Waals surface area contributed by atoms with Gasteiger partial charge < -0.3 is 10.5 Å². The summed E-state index contributed by atoms with van der Waals surface area (Å²) < 4.78 is 40.9. The molecule has 1 aliphatic rings. The Morgan fingerprint density at radius 1 is 1.10 bits per heavy atom. The molecule has 0 aromatic heterocycles. The van der Waals surface area contributed by atoms with Gasteiger partial charge in [-0.2, -0.15) is 0 Å². The molecule has 0 heterocycles. The number of ether oxygens (including phenoxy) is 1. The number of nitrogens with two attached hydrogens (primary N) is 1. The summed E-state index contributed by atoms with van der Waals surface area (Å²) in [7, 11) is 0. The van der Waals surface area contributed by atoms with Gasteiger partial charge in [-0.25, -0.2) is 0 Å². The minimum Gasteiger partial charge on any atom is -0.406 e. The van der Waals surface area contributed by atoms with E-state index in [2.05, 4.69) is 4.74 Å². The molecule has 2 aromatic rings. The molecule has 2 N–H and O–H groups in total. The number of alkyl halides is 3. The van der Waals surface area contributed by atoms with E-state index in [4.69, 9.17) is 5.73 Å². The van der Waals surface area contributed by atoms with Crippen molar-refractivity contribution in [2.24, 2.45) is 5.73 Å². The number of halogens is 3. The summed E-state index contributed by atoms with van der Waals surface area (Å²) in [5, 5.41) is 0. The van der Waals surface area contributed by atoms with Gasteiger partial charge in [0.15, 0.2) is 0 Å². The van der Waals surface area contributed by atoms with Gasteiger partial charge in [0.05, 0.1) is 0 Å². The third-order valence-corrected chi connectivity index (χ3v) is 3.70. The van der Waals surface area contributed by atoms with Crippen molar-refractivity contribution in [1.29, 1.82) is 0 Å². The number of benzene rings is 2. The summed E-state index contributed by atoms with van der Waals surface area (Å²) in [6.07, 6.45) is -2.97. The molecule has 1 atom stereocenters. The Labute approximate surface area is 120 Å². The zero-order valence-corrected chi connectivity index (χ0v) is 11.2. The Bertz CT molecular complexity index is 667. The molecule has 1 aliphatic carbocycles. The molecule has 2 aromatic carbocycles. The van der Waals surface area contributed by atoms with Crippen molar-refractivity contribution in [1.82, 2.24) is 0 Å². The molecule has 2 nitrogen and oxygen atoms in total. The van der Waals surface area contributed by atoms with Crippen LogP contribution in [0.1, 0.15) is 23.6 Å².